The summed E-state index contributed by atoms with van der Waals surface area (Å²) in [5.74, 6) is 0.0121. The van der Waals surface area contributed by atoms with Crippen LogP contribution in [0.2, 0.25) is 0 Å². The number of ether oxygens (including phenoxy) is 1. The number of thiophene rings is 1. The summed E-state index contributed by atoms with van der Waals surface area (Å²) in [7, 11) is 0. The Hall–Kier alpha value is -0.910. The van der Waals surface area contributed by atoms with Crippen LogP contribution in [0.1, 0.15) is 29.6 Å². The molecule has 2 heterocycles. The highest BCUT2D eigenvalue weighted by Gasteiger charge is 2.12. The molecule has 2 N–H and O–H groups in total. The van der Waals surface area contributed by atoms with Crippen molar-refractivity contribution in [1.29, 1.82) is 0 Å². The Morgan fingerprint density at radius 1 is 1.50 bits per heavy atom. The van der Waals surface area contributed by atoms with Crippen molar-refractivity contribution in [3.05, 3.63) is 22.4 Å². The third-order valence-electron chi connectivity index (χ3n) is 3.03. The summed E-state index contributed by atoms with van der Waals surface area (Å²) < 4.78 is 5.77. The van der Waals surface area contributed by atoms with Crippen molar-refractivity contribution < 1.29 is 9.53 Å². The van der Waals surface area contributed by atoms with Crippen molar-refractivity contribution in [2.75, 3.05) is 26.2 Å². The molecule has 4 nitrogen and oxygen atoms in total. The zero-order valence-electron chi connectivity index (χ0n) is 10.5. The minimum absolute atomic E-state index is 0.0121. The van der Waals surface area contributed by atoms with E-state index < -0.39 is 0 Å². The molecular weight excluding hydrogens is 248 g/mol. The average Bonchev–Trinajstić information content (AvgIpc) is 2.93. The minimum Gasteiger partial charge on any atom is -0.378 e. The van der Waals surface area contributed by atoms with Crippen LogP contribution in [0, 0.1) is 0 Å². The second kappa shape index (κ2) is 7.51. The van der Waals surface area contributed by atoms with Gasteiger partial charge < -0.3 is 15.4 Å². The lowest BCUT2D eigenvalue weighted by Gasteiger charge is -2.22. The number of nitrogens with one attached hydrogen (secondary N) is 2. The van der Waals surface area contributed by atoms with Crippen molar-refractivity contribution in [3.63, 3.8) is 0 Å². The van der Waals surface area contributed by atoms with Crippen LogP contribution in [-0.4, -0.2) is 38.3 Å². The fraction of sp³-hybridized carbons (Fsp3) is 0.615. The lowest BCUT2D eigenvalue weighted by molar-refractivity contribution is 0.0318. The van der Waals surface area contributed by atoms with E-state index in [1.165, 1.54) is 11.3 Å². The Bertz CT molecular complexity index is 348. The van der Waals surface area contributed by atoms with Crippen LogP contribution < -0.4 is 10.6 Å². The van der Waals surface area contributed by atoms with Gasteiger partial charge in [0.05, 0.1) is 6.10 Å². The van der Waals surface area contributed by atoms with Crippen LogP contribution >= 0.6 is 11.3 Å². The Morgan fingerprint density at radius 3 is 3.06 bits per heavy atom. The Balaban J connectivity index is 1.52. The normalized spacial score (nSPS) is 16.7. The molecule has 18 heavy (non-hydrogen) atoms. The van der Waals surface area contributed by atoms with Crippen LogP contribution in [0.3, 0.4) is 0 Å². The predicted molar refractivity (Wildman–Crippen MR) is 73.1 cm³/mol. The number of amides is 1. The molecule has 100 valence electrons. The van der Waals surface area contributed by atoms with Crippen LogP contribution in [-0.2, 0) is 4.74 Å². The standard InChI is InChI=1S/C13H20N2O2S/c16-13(11-4-9-18-10-11)15-5-1-8-17-12-2-6-14-7-3-12/h4,9-10,12,14H,1-3,5-8H2,(H,15,16). The van der Waals surface area contributed by atoms with Crippen molar-refractivity contribution in [3.8, 4) is 0 Å². The largest absolute Gasteiger partial charge is 0.378 e. The maximum atomic E-state index is 11.6. The maximum absolute atomic E-state index is 11.6. The molecule has 0 unspecified atom stereocenters. The summed E-state index contributed by atoms with van der Waals surface area (Å²) >= 11 is 1.54. The maximum Gasteiger partial charge on any atom is 0.252 e. The van der Waals surface area contributed by atoms with Gasteiger partial charge in [-0.3, -0.25) is 4.79 Å². The fourth-order valence-electron chi connectivity index (χ4n) is 1.98. The number of hydrogen-bond donors (Lipinski definition) is 2. The minimum atomic E-state index is 0.0121. The smallest absolute Gasteiger partial charge is 0.252 e. The molecule has 0 radical (unpaired) electrons. The Labute approximate surface area is 112 Å². The first-order chi connectivity index (χ1) is 8.86. The third-order valence-corrected chi connectivity index (χ3v) is 3.71. The summed E-state index contributed by atoms with van der Waals surface area (Å²) in [6, 6.07) is 1.84. The number of carbonyl (C=O) groups is 1. The number of hydrogen-bond acceptors (Lipinski definition) is 4. The van der Waals surface area contributed by atoms with E-state index in [2.05, 4.69) is 10.6 Å². The highest BCUT2D eigenvalue weighted by molar-refractivity contribution is 7.08. The van der Waals surface area contributed by atoms with Gasteiger partial charge in [-0.25, -0.2) is 0 Å². The van der Waals surface area contributed by atoms with Gasteiger partial charge in [-0.15, -0.1) is 0 Å². The van der Waals surface area contributed by atoms with Crippen molar-refractivity contribution >= 4 is 17.2 Å². The lowest BCUT2D eigenvalue weighted by Crippen LogP contribution is -2.33. The van der Waals surface area contributed by atoms with E-state index in [0.717, 1.165) is 44.5 Å². The lowest BCUT2D eigenvalue weighted by atomic mass is 10.1. The second-order valence-corrected chi connectivity index (χ2v) is 5.22. The first kappa shape index (κ1) is 13.5. The van der Waals surface area contributed by atoms with Crippen LogP contribution in [0.15, 0.2) is 16.8 Å². The quantitative estimate of drug-likeness (QED) is 0.771. The van der Waals surface area contributed by atoms with E-state index in [0.29, 0.717) is 12.6 Å². The van der Waals surface area contributed by atoms with Gasteiger partial charge in [0.1, 0.15) is 0 Å². The van der Waals surface area contributed by atoms with Gasteiger partial charge in [0.15, 0.2) is 0 Å². The molecule has 0 atom stereocenters. The van der Waals surface area contributed by atoms with Gasteiger partial charge in [0.25, 0.3) is 5.91 Å². The fourth-order valence-corrected chi connectivity index (χ4v) is 2.62. The summed E-state index contributed by atoms with van der Waals surface area (Å²) in [5, 5.41) is 9.98. The van der Waals surface area contributed by atoms with Crippen LogP contribution in [0.25, 0.3) is 0 Å². The number of piperidine rings is 1. The molecule has 1 aliphatic heterocycles. The second-order valence-electron chi connectivity index (χ2n) is 4.44. The number of carbonyl (C=O) groups excluding carboxylic acids is 1. The molecule has 1 saturated heterocycles. The molecule has 1 fully saturated rings. The van der Waals surface area contributed by atoms with Gasteiger partial charge in [-0.2, -0.15) is 11.3 Å². The first-order valence-electron chi connectivity index (χ1n) is 6.49. The summed E-state index contributed by atoms with van der Waals surface area (Å²) in [6.45, 7) is 3.52. The van der Waals surface area contributed by atoms with E-state index in [9.17, 15) is 4.79 Å². The average molecular weight is 268 g/mol. The predicted octanol–water partition coefficient (Wildman–Crippen LogP) is 1.64. The van der Waals surface area contributed by atoms with Gasteiger partial charge in [0.2, 0.25) is 0 Å². The van der Waals surface area contributed by atoms with E-state index in [4.69, 9.17) is 4.74 Å². The zero-order chi connectivity index (χ0) is 12.6. The molecule has 5 heteroatoms. The topological polar surface area (TPSA) is 50.4 Å². The Kier molecular flexibility index (Phi) is 5.64. The first-order valence-corrected chi connectivity index (χ1v) is 7.43. The molecule has 2 rings (SSSR count). The molecule has 0 aliphatic carbocycles. The third kappa shape index (κ3) is 4.40. The van der Waals surface area contributed by atoms with Crippen LogP contribution in [0.5, 0.6) is 0 Å². The molecular formula is C13H20N2O2S. The molecule has 0 aromatic carbocycles. The van der Waals surface area contributed by atoms with Gasteiger partial charge in [0, 0.05) is 24.1 Å². The summed E-state index contributed by atoms with van der Waals surface area (Å²) in [6.07, 6.45) is 3.47. The van der Waals surface area contributed by atoms with Gasteiger partial charge >= 0.3 is 0 Å². The molecule has 1 aromatic rings. The van der Waals surface area contributed by atoms with E-state index in [-0.39, 0.29) is 5.91 Å². The molecule has 0 bridgehead atoms. The molecule has 1 amide bonds. The summed E-state index contributed by atoms with van der Waals surface area (Å²) in [4.78, 5) is 11.6. The SMILES string of the molecule is O=C(NCCCOC1CCNCC1)c1ccsc1. The molecule has 0 spiro atoms. The summed E-state index contributed by atoms with van der Waals surface area (Å²) in [5.41, 5.74) is 0.749. The monoisotopic (exact) mass is 268 g/mol. The van der Waals surface area contributed by atoms with Crippen molar-refractivity contribution in [2.24, 2.45) is 0 Å². The van der Waals surface area contributed by atoms with E-state index >= 15 is 0 Å². The Morgan fingerprint density at radius 2 is 2.33 bits per heavy atom. The van der Waals surface area contributed by atoms with Gasteiger partial charge in [-0.1, -0.05) is 0 Å². The van der Waals surface area contributed by atoms with Crippen molar-refractivity contribution in [1.82, 2.24) is 10.6 Å². The van der Waals surface area contributed by atoms with E-state index in [1.54, 1.807) is 0 Å². The van der Waals surface area contributed by atoms with Crippen LogP contribution in [0.4, 0.5) is 0 Å². The van der Waals surface area contributed by atoms with Crippen molar-refractivity contribution in [2.45, 2.75) is 25.4 Å². The van der Waals surface area contributed by atoms with Gasteiger partial charge in [-0.05, 0) is 43.8 Å². The molecule has 1 aliphatic rings. The highest BCUT2D eigenvalue weighted by Crippen LogP contribution is 2.07. The zero-order valence-corrected chi connectivity index (χ0v) is 11.3. The molecule has 0 saturated carbocycles. The molecule has 1 aromatic heterocycles. The highest BCUT2D eigenvalue weighted by atomic mass is 32.1. The van der Waals surface area contributed by atoms with E-state index in [1.807, 2.05) is 16.8 Å². The number of rotatable bonds is 6.